The van der Waals surface area contributed by atoms with E-state index in [9.17, 15) is 19.8 Å². The van der Waals surface area contributed by atoms with E-state index in [4.69, 9.17) is 9.47 Å². The molecule has 3 N–H and O–H groups in total. The van der Waals surface area contributed by atoms with Crippen LogP contribution in [-0.2, 0) is 20.7 Å². The van der Waals surface area contributed by atoms with E-state index in [0.717, 1.165) is 0 Å². The normalized spacial score (nSPS) is 12.7. The Morgan fingerprint density at radius 3 is 2.35 bits per heavy atom. The van der Waals surface area contributed by atoms with Gasteiger partial charge in [0.05, 0.1) is 6.61 Å². The smallest absolute Gasteiger partial charge is 0.328 e. The Labute approximate surface area is 151 Å². The minimum absolute atomic E-state index is 0.0946. The molecule has 0 aromatic heterocycles. The first-order valence-electron chi connectivity index (χ1n) is 8.14. The van der Waals surface area contributed by atoms with Gasteiger partial charge in [0.2, 0.25) is 0 Å². The lowest BCUT2D eigenvalue weighted by Crippen LogP contribution is -2.48. The number of esters is 1. The lowest BCUT2D eigenvalue weighted by Gasteiger charge is -2.20. The van der Waals surface area contributed by atoms with Crippen LogP contribution in [0.15, 0.2) is 54.6 Å². The fourth-order valence-corrected chi connectivity index (χ4v) is 2.23. The van der Waals surface area contributed by atoms with Crippen LogP contribution in [0.4, 0.5) is 0 Å². The summed E-state index contributed by atoms with van der Waals surface area (Å²) in [6.07, 6.45) is -1.63. The maximum Gasteiger partial charge on any atom is 0.328 e. The Hall–Kier alpha value is -3.06. The number of carbonyl (C=O) groups is 2. The van der Waals surface area contributed by atoms with Gasteiger partial charge in [-0.2, -0.15) is 0 Å². The average molecular weight is 359 g/mol. The monoisotopic (exact) mass is 359 g/mol. The molecular weight excluding hydrogens is 338 g/mol. The molecule has 0 heterocycles. The Morgan fingerprint density at radius 1 is 1.08 bits per heavy atom. The molecule has 26 heavy (non-hydrogen) atoms. The van der Waals surface area contributed by atoms with Crippen LogP contribution in [0.2, 0.25) is 0 Å². The van der Waals surface area contributed by atoms with Gasteiger partial charge in [0, 0.05) is 6.42 Å². The van der Waals surface area contributed by atoms with Crippen LogP contribution in [-0.4, -0.2) is 41.0 Å². The van der Waals surface area contributed by atoms with Gasteiger partial charge >= 0.3 is 5.97 Å². The van der Waals surface area contributed by atoms with Gasteiger partial charge in [-0.25, -0.2) is 4.79 Å². The number of phenolic OH excluding ortho intramolecular Hbond substituents is 1. The lowest BCUT2D eigenvalue weighted by molar-refractivity contribution is -0.152. The number of hydrogen-bond donors (Lipinski definition) is 3. The second-order valence-electron chi connectivity index (χ2n) is 5.47. The first-order chi connectivity index (χ1) is 12.5. The van der Waals surface area contributed by atoms with E-state index in [0.29, 0.717) is 11.3 Å². The SMILES string of the molecule is CCOC(=O)[C@H](Cc1ccc(O)cc1)NC(=O)C(O)Oc1ccccc1. The Morgan fingerprint density at radius 2 is 1.73 bits per heavy atom. The molecule has 0 spiro atoms. The van der Waals surface area contributed by atoms with Gasteiger partial charge in [-0.1, -0.05) is 30.3 Å². The summed E-state index contributed by atoms with van der Waals surface area (Å²) < 4.78 is 10.1. The molecule has 0 saturated heterocycles. The topological polar surface area (TPSA) is 105 Å². The van der Waals surface area contributed by atoms with Crippen LogP contribution in [0.1, 0.15) is 12.5 Å². The summed E-state index contributed by atoms with van der Waals surface area (Å²) in [5.74, 6) is -1.06. The maximum atomic E-state index is 12.2. The average Bonchev–Trinajstić information content (AvgIpc) is 2.64. The van der Waals surface area contributed by atoms with Crippen LogP contribution in [0, 0.1) is 0 Å². The number of aliphatic hydroxyl groups is 1. The first-order valence-corrected chi connectivity index (χ1v) is 8.14. The van der Waals surface area contributed by atoms with Gasteiger partial charge < -0.3 is 25.0 Å². The number of nitrogens with one attached hydrogen (secondary N) is 1. The van der Waals surface area contributed by atoms with Crippen molar-refractivity contribution in [3.63, 3.8) is 0 Å². The highest BCUT2D eigenvalue weighted by Crippen LogP contribution is 2.13. The number of aromatic hydroxyl groups is 1. The van der Waals surface area contributed by atoms with Crippen molar-refractivity contribution >= 4 is 11.9 Å². The predicted molar refractivity (Wildman–Crippen MR) is 93.5 cm³/mol. The molecular formula is C19H21NO6. The van der Waals surface area contributed by atoms with Crippen molar-refractivity contribution in [2.75, 3.05) is 6.61 Å². The highest BCUT2D eigenvalue weighted by atomic mass is 16.6. The molecule has 0 saturated carbocycles. The van der Waals surface area contributed by atoms with Gasteiger partial charge in [-0.05, 0) is 36.8 Å². The number of para-hydroxylation sites is 1. The van der Waals surface area contributed by atoms with E-state index in [-0.39, 0.29) is 18.8 Å². The molecule has 138 valence electrons. The number of carbonyl (C=O) groups excluding carboxylic acids is 2. The minimum Gasteiger partial charge on any atom is -0.508 e. The third-order valence-electron chi connectivity index (χ3n) is 3.48. The fraction of sp³-hybridized carbons (Fsp3) is 0.263. The summed E-state index contributed by atoms with van der Waals surface area (Å²) in [5.41, 5.74) is 0.708. The van der Waals surface area contributed by atoms with Gasteiger partial charge in [0.25, 0.3) is 12.2 Å². The summed E-state index contributed by atoms with van der Waals surface area (Å²) >= 11 is 0. The summed E-state index contributed by atoms with van der Waals surface area (Å²) in [4.78, 5) is 24.3. The molecule has 2 rings (SSSR count). The quantitative estimate of drug-likeness (QED) is 0.486. The van der Waals surface area contributed by atoms with Crippen molar-refractivity contribution in [1.82, 2.24) is 5.32 Å². The largest absolute Gasteiger partial charge is 0.508 e. The third-order valence-corrected chi connectivity index (χ3v) is 3.48. The van der Waals surface area contributed by atoms with E-state index >= 15 is 0 Å². The van der Waals surface area contributed by atoms with Crippen LogP contribution in [0.3, 0.4) is 0 Å². The highest BCUT2D eigenvalue weighted by molar-refractivity contribution is 5.86. The van der Waals surface area contributed by atoms with Crippen molar-refractivity contribution in [1.29, 1.82) is 0 Å². The molecule has 2 atom stereocenters. The Balaban J connectivity index is 2.03. The van der Waals surface area contributed by atoms with E-state index in [2.05, 4.69) is 5.32 Å². The summed E-state index contributed by atoms with van der Waals surface area (Å²) in [6, 6.07) is 13.6. The molecule has 0 aliphatic heterocycles. The van der Waals surface area contributed by atoms with Crippen LogP contribution in [0.5, 0.6) is 11.5 Å². The van der Waals surface area contributed by atoms with Crippen LogP contribution in [0.25, 0.3) is 0 Å². The van der Waals surface area contributed by atoms with E-state index in [1.165, 1.54) is 12.1 Å². The van der Waals surface area contributed by atoms with Crippen LogP contribution >= 0.6 is 0 Å². The highest BCUT2D eigenvalue weighted by Gasteiger charge is 2.26. The summed E-state index contributed by atoms with van der Waals surface area (Å²) in [5, 5.41) is 21.7. The molecule has 1 unspecified atom stereocenters. The second kappa shape index (κ2) is 9.43. The van der Waals surface area contributed by atoms with Crippen molar-refractivity contribution < 1.29 is 29.3 Å². The maximum absolute atomic E-state index is 12.2. The number of aliphatic hydroxyl groups excluding tert-OH is 1. The third kappa shape index (κ3) is 5.78. The molecule has 0 aliphatic carbocycles. The molecule has 2 aromatic carbocycles. The molecule has 0 aliphatic rings. The zero-order valence-corrected chi connectivity index (χ0v) is 14.3. The molecule has 0 radical (unpaired) electrons. The number of hydrogen-bond acceptors (Lipinski definition) is 6. The fourth-order valence-electron chi connectivity index (χ4n) is 2.23. The van der Waals surface area contributed by atoms with Gasteiger partial charge in [0.1, 0.15) is 17.5 Å². The van der Waals surface area contributed by atoms with Crippen molar-refractivity contribution in [2.45, 2.75) is 25.7 Å². The number of phenols is 1. The second-order valence-corrected chi connectivity index (χ2v) is 5.47. The molecule has 1 amide bonds. The van der Waals surface area contributed by atoms with E-state index in [1.807, 2.05) is 0 Å². The van der Waals surface area contributed by atoms with Gasteiger partial charge in [-0.3, -0.25) is 4.79 Å². The summed E-state index contributed by atoms with van der Waals surface area (Å²) in [7, 11) is 0. The standard InChI is InChI=1S/C19H21NO6/c1-2-25-18(23)16(12-13-8-10-14(21)11-9-13)20-17(22)19(24)26-15-6-4-3-5-7-15/h3-11,16,19,21,24H,2,12H2,1H3,(H,20,22)/t16-,19?/m0/s1. The first kappa shape index (κ1) is 19.3. The number of ether oxygens (including phenoxy) is 2. The van der Waals surface area contributed by atoms with E-state index < -0.39 is 24.2 Å². The molecule has 7 nitrogen and oxygen atoms in total. The predicted octanol–water partition coefficient (Wildman–Crippen LogP) is 1.38. The molecule has 2 aromatic rings. The Bertz CT molecular complexity index is 717. The molecule has 0 bridgehead atoms. The number of benzene rings is 2. The van der Waals surface area contributed by atoms with Crippen LogP contribution < -0.4 is 10.1 Å². The Kier molecular flexibility index (Phi) is 6.99. The van der Waals surface area contributed by atoms with Gasteiger partial charge in [-0.15, -0.1) is 0 Å². The summed E-state index contributed by atoms with van der Waals surface area (Å²) in [6.45, 7) is 1.81. The van der Waals surface area contributed by atoms with Gasteiger partial charge in [0.15, 0.2) is 0 Å². The molecule has 7 heteroatoms. The zero-order valence-electron chi connectivity index (χ0n) is 14.3. The number of amides is 1. The minimum atomic E-state index is -1.77. The van der Waals surface area contributed by atoms with Crippen molar-refractivity contribution in [3.05, 3.63) is 60.2 Å². The van der Waals surface area contributed by atoms with Crippen molar-refractivity contribution in [3.8, 4) is 11.5 Å². The molecule has 0 fully saturated rings. The van der Waals surface area contributed by atoms with E-state index in [1.54, 1.807) is 49.4 Å². The number of rotatable bonds is 8. The lowest BCUT2D eigenvalue weighted by atomic mass is 10.1. The zero-order chi connectivity index (χ0) is 18.9. The van der Waals surface area contributed by atoms with Crippen molar-refractivity contribution in [2.24, 2.45) is 0 Å².